The average Bonchev–Trinajstić information content (AvgIpc) is 2.65. The van der Waals surface area contributed by atoms with E-state index in [4.69, 9.17) is 9.16 Å². The Morgan fingerprint density at radius 2 is 1.72 bits per heavy atom. The van der Waals surface area contributed by atoms with Crippen LogP contribution in [0.15, 0.2) is 11.1 Å². The average molecular weight is 467 g/mol. The predicted octanol–water partition coefficient (Wildman–Crippen LogP) is 3.06. The first-order valence-electron chi connectivity index (χ1n) is 12.1. The van der Waals surface area contributed by atoms with Crippen LogP contribution in [0.2, 0.25) is 19.6 Å². The fraction of sp³-hybridized carbons (Fsp3) is 0.880. The van der Waals surface area contributed by atoms with Crippen molar-refractivity contribution in [2.24, 2.45) is 28.6 Å². The third kappa shape index (κ3) is 2.91. The number of ketones is 1. The number of carbonyl (C=O) groups excluding carboxylic acids is 1. The van der Waals surface area contributed by atoms with Crippen molar-refractivity contribution < 1.29 is 29.3 Å². The highest BCUT2D eigenvalue weighted by Gasteiger charge is 2.73. The van der Waals surface area contributed by atoms with Crippen LogP contribution in [0, 0.1) is 28.6 Å². The number of aliphatic hydroxyl groups is 3. The van der Waals surface area contributed by atoms with Crippen LogP contribution in [-0.2, 0) is 14.0 Å². The van der Waals surface area contributed by atoms with E-state index in [1.807, 2.05) is 41.5 Å². The number of hydrogen-bond donors (Lipinski definition) is 3. The summed E-state index contributed by atoms with van der Waals surface area (Å²) in [6, 6.07) is 0. The largest absolute Gasteiger partial charge is 0.411 e. The number of Topliss-reactive ketones (excluding diaryl/α,β-unsaturated/α-hetero) is 1. The minimum Gasteiger partial charge on any atom is -0.411 e. The normalized spacial score (nSPS) is 50.7. The van der Waals surface area contributed by atoms with Gasteiger partial charge >= 0.3 is 0 Å². The van der Waals surface area contributed by atoms with E-state index in [9.17, 15) is 20.1 Å². The SMILES string of the molecule is CC1=C2[C@@H](C)C(=O)[C@@]3(C)C(C(O)[C@](O)(C[C@@H]1O[Si](C)(C)C)C2(C)C)[C@]1(O)CO[C@@H]1C[C@@H]3C. The Balaban J connectivity index is 1.97. The second-order valence-corrected chi connectivity index (χ2v) is 17.2. The Kier molecular flexibility index (Phi) is 5.36. The van der Waals surface area contributed by atoms with Gasteiger partial charge in [0.1, 0.15) is 17.0 Å². The molecule has 3 aliphatic carbocycles. The van der Waals surface area contributed by atoms with E-state index in [0.29, 0.717) is 6.42 Å². The first-order chi connectivity index (χ1) is 14.4. The van der Waals surface area contributed by atoms with Crippen LogP contribution in [0.25, 0.3) is 0 Å². The highest BCUT2D eigenvalue weighted by molar-refractivity contribution is 6.69. The van der Waals surface area contributed by atoms with Gasteiger partial charge < -0.3 is 24.5 Å². The van der Waals surface area contributed by atoms with Gasteiger partial charge in [-0.25, -0.2) is 0 Å². The molecular formula is C25H42O6Si. The van der Waals surface area contributed by atoms with E-state index >= 15 is 0 Å². The van der Waals surface area contributed by atoms with Crippen molar-refractivity contribution in [3.63, 3.8) is 0 Å². The van der Waals surface area contributed by atoms with Crippen LogP contribution in [0.5, 0.6) is 0 Å². The smallest absolute Gasteiger partial charge is 0.184 e. The summed E-state index contributed by atoms with van der Waals surface area (Å²) in [4.78, 5) is 14.2. The summed E-state index contributed by atoms with van der Waals surface area (Å²) in [6.45, 7) is 18.1. The maximum absolute atomic E-state index is 14.2. The Morgan fingerprint density at radius 1 is 1.12 bits per heavy atom. The van der Waals surface area contributed by atoms with Crippen molar-refractivity contribution >= 4 is 14.1 Å². The molecule has 0 aromatic heterocycles. The standard InChI is InChI=1S/C25H42O6Si/c1-13-10-17-24(28,12-30-17)19-21(27)25(29)11-16(31-32(7,8)9)14(2)18(22(25,4)5)15(3)20(26)23(13,19)6/h13,15-17,19,21,27-29H,10-12H2,1-9H3/t13-,15+,16-,17+,19?,21?,23+,24-,25+/m0/s1. The molecule has 3 fully saturated rings. The quantitative estimate of drug-likeness (QED) is 0.428. The summed E-state index contributed by atoms with van der Waals surface area (Å²) in [5, 5.41) is 36.1. The number of aliphatic hydroxyl groups excluding tert-OH is 1. The molecule has 1 saturated heterocycles. The van der Waals surface area contributed by atoms with Crippen molar-refractivity contribution in [1.29, 1.82) is 0 Å². The highest BCUT2D eigenvalue weighted by atomic mass is 28.4. The van der Waals surface area contributed by atoms with Crippen molar-refractivity contribution in [2.45, 2.75) is 104 Å². The second-order valence-electron chi connectivity index (χ2n) is 12.8. The van der Waals surface area contributed by atoms with E-state index in [-0.39, 0.29) is 30.8 Å². The summed E-state index contributed by atoms with van der Waals surface area (Å²) >= 11 is 0. The lowest BCUT2D eigenvalue weighted by Crippen LogP contribution is -2.79. The molecule has 0 amide bonds. The topological polar surface area (TPSA) is 96.2 Å². The number of rotatable bonds is 2. The molecule has 1 heterocycles. The minimum atomic E-state index is -1.97. The summed E-state index contributed by atoms with van der Waals surface area (Å²) in [5.41, 5.74) is -2.83. The molecule has 7 heteroatoms. The molecular weight excluding hydrogens is 424 g/mol. The highest BCUT2D eigenvalue weighted by Crippen LogP contribution is 2.64. The van der Waals surface area contributed by atoms with Crippen LogP contribution >= 0.6 is 0 Å². The van der Waals surface area contributed by atoms with Crippen LogP contribution in [0.3, 0.4) is 0 Å². The number of hydrogen-bond acceptors (Lipinski definition) is 6. The third-order valence-electron chi connectivity index (χ3n) is 9.67. The molecule has 4 aliphatic rings. The van der Waals surface area contributed by atoms with Gasteiger partial charge in [-0.05, 0) is 50.0 Å². The number of ether oxygens (including phenoxy) is 1. The van der Waals surface area contributed by atoms with Gasteiger partial charge in [-0.15, -0.1) is 0 Å². The van der Waals surface area contributed by atoms with E-state index in [1.54, 1.807) is 0 Å². The molecule has 2 bridgehead atoms. The van der Waals surface area contributed by atoms with Crippen LogP contribution in [0.1, 0.15) is 54.4 Å². The zero-order chi connectivity index (χ0) is 24.2. The molecule has 182 valence electrons. The fourth-order valence-electron chi connectivity index (χ4n) is 7.72. The maximum Gasteiger partial charge on any atom is 0.184 e. The van der Waals surface area contributed by atoms with Gasteiger partial charge in [-0.3, -0.25) is 4.79 Å². The van der Waals surface area contributed by atoms with Gasteiger partial charge in [-0.2, -0.15) is 0 Å². The van der Waals surface area contributed by atoms with Gasteiger partial charge in [0.05, 0.1) is 24.9 Å². The van der Waals surface area contributed by atoms with Gasteiger partial charge in [0.25, 0.3) is 0 Å². The minimum absolute atomic E-state index is 0.0333. The summed E-state index contributed by atoms with van der Waals surface area (Å²) in [7, 11) is -1.97. The molecule has 3 N–H and O–H groups in total. The van der Waals surface area contributed by atoms with Gasteiger partial charge in [0.2, 0.25) is 0 Å². The van der Waals surface area contributed by atoms with Crippen LogP contribution < -0.4 is 0 Å². The predicted molar refractivity (Wildman–Crippen MR) is 125 cm³/mol. The molecule has 0 spiro atoms. The first-order valence-corrected chi connectivity index (χ1v) is 15.5. The van der Waals surface area contributed by atoms with E-state index in [2.05, 4.69) is 19.6 Å². The number of fused-ring (bicyclic) bond motifs is 5. The molecule has 32 heavy (non-hydrogen) atoms. The molecule has 0 radical (unpaired) electrons. The molecule has 0 aromatic carbocycles. The van der Waals surface area contributed by atoms with Crippen LogP contribution in [-0.4, -0.2) is 65.5 Å². The van der Waals surface area contributed by atoms with E-state index in [0.717, 1.165) is 11.1 Å². The van der Waals surface area contributed by atoms with Gasteiger partial charge in [0.15, 0.2) is 8.32 Å². The van der Waals surface area contributed by atoms with Crippen LogP contribution in [0.4, 0.5) is 0 Å². The number of carbonyl (C=O) groups is 1. The van der Waals surface area contributed by atoms with Gasteiger partial charge in [-0.1, -0.05) is 34.6 Å². The van der Waals surface area contributed by atoms with Crippen molar-refractivity contribution in [1.82, 2.24) is 0 Å². The lowest BCUT2D eigenvalue weighted by atomic mass is 9.42. The third-order valence-corrected chi connectivity index (χ3v) is 10.7. The lowest BCUT2D eigenvalue weighted by molar-refractivity contribution is -0.337. The fourth-order valence-corrected chi connectivity index (χ4v) is 8.83. The van der Waals surface area contributed by atoms with E-state index < -0.39 is 54.4 Å². The molecule has 0 aromatic rings. The molecule has 9 atom stereocenters. The zero-order valence-corrected chi connectivity index (χ0v) is 22.2. The summed E-state index contributed by atoms with van der Waals surface area (Å²) in [5.74, 6) is -1.33. The molecule has 1 aliphatic heterocycles. The Bertz CT molecular complexity index is 861. The monoisotopic (exact) mass is 466 g/mol. The molecule has 2 unspecified atom stereocenters. The summed E-state index contributed by atoms with van der Waals surface area (Å²) < 4.78 is 12.2. The Morgan fingerprint density at radius 3 is 2.22 bits per heavy atom. The van der Waals surface area contributed by atoms with Crippen molar-refractivity contribution in [2.75, 3.05) is 6.61 Å². The zero-order valence-electron chi connectivity index (χ0n) is 21.2. The summed E-state index contributed by atoms with van der Waals surface area (Å²) in [6.07, 6.45) is -1.28. The van der Waals surface area contributed by atoms with Gasteiger partial charge in [0, 0.05) is 29.1 Å². The molecule has 4 rings (SSSR count). The van der Waals surface area contributed by atoms with E-state index in [1.165, 1.54) is 0 Å². The first kappa shape index (κ1) is 24.5. The Labute approximate surface area is 193 Å². The Hall–Kier alpha value is -0.573. The second kappa shape index (κ2) is 6.98. The van der Waals surface area contributed by atoms with Crippen molar-refractivity contribution in [3.8, 4) is 0 Å². The maximum atomic E-state index is 14.2. The van der Waals surface area contributed by atoms with Crippen molar-refractivity contribution in [3.05, 3.63) is 11.1 Å². The lowest BCUT2D eigenvalue weighted by Gasteiger charge is -2.67. The molecule has 6 nitrogen and oxygen atoms in total. The molecule has 2 saturated carbocycles.